The van der Waals surface area contributed by atoms with Crippen molar-refractivity contribution in [1.29, 1.82) is 0 Å². The first-order valence-corrected chi connectivity index (χ1v) is 6.33. The van der Waals surface area contributed by atoms with Crippen LogP contribution in [0, 0.1) is 6.92 Å². The number of nitrogens with zero attached hydrogens (tertiary/aromatic N) is 1. The second-order valence-electron chi connectivity index (χ2n) is 5.00. The first kappa shape index (κ1) is 12.7. The molecule has 2 rings (SSSR count). The van der Waals surface area contributed by atoms with E-state index in [4.69, 9.17) is 4.74 Å². The second kappa shape index (κ2) is 5.29. The maximum atomic E-state index is 11.4. The topological polar surface area (TPSA) is 41.6 Å². The average Bonchev–Trinajstić information content (AvgIpc) is 2.26. The summed E-state index contributed by atoms with van der Waals surface area (Å²) in [5.74, 6) is 0. The standard InChI is InChI=1S/C14H20N2O2/c1-10-4-6-13(7-5-10)16-8-11(2)15-14(17)18-12(3)9-16/h4-7,11-12H,8-9H2,1-3H3,(H,15,17)/t11-,12+/m0/s1. The number of alkyl carbamates (subject to hydrolysis) is 1. The number of hydrogen-bond acceptors (Lipinski definition) is 3. The van der Waals surface area contributed by atoms with Gasteiger partial charge in [-0.15, -0.1) is 0 Å². The maximum absolute atomic E-state index is 11.4. The zero-order chi connectivity index (χ0) is 13.1. The van der Waals surface area contributed by atoms with E-state index in [-0.39, 0.29) is 18.2 Å². The van der Waals surface area contributed by atoms with Crippen LogP contribution >= 0.6 is 0 Å². The number of anilines is 1. The fraction of sp³-hybridized carbons (Fsp3) is 0.500. The number of ether oxygens (including phenoxy) is 1. The van der Waals surface area contributed by atoms with E-state index in [9.17, 15) is 4.79 Å². The van der Waals surface area contributed by atoms with Crippen LogP contribution in [0.2, 0.25) is 0 Å². The summed E-state index contributed by atoms with van der Waals surface area (Å²) in [7, 11) is 0. The third-order valence-corrected chi connectivity index (χ3v) is 3.04. The van der Waals surface area contributed by atoms with E-state index in [0.29, 0.717) is 0 Å². The molecule has 2 atom stereocenters. The monoisotopic (exact) mass is 248 g/mol. The van der Waals surface area contributed by atoms with E-state index in [1.807, 2.05) is 13.8 Å². The number of benzene rings is 1. The fourth-order valence-electron chi connectivity index (χ4n) is 2.18. The molecule has 0 unspecified atom stereocenters. The molecule has 1 aliphatic rings. The van der Waals surface area contributed by atoms with Gasteiger partial charge in [0.1, 0.15) is 6.10 Å². The number of cyclic esters (lactones) is 1. The third-order valence-electron chi connectivity index (χ3n) is 3.04. The second-order valence-corrected chi connectivity index (χ2v) is 5.00. The van der Waals surface area contributed by atoms with Crippen LogP contribution in [0.5, 0.6) is 0 Å². The minimum absolute atomic E-state index is 0.0753. The lowest BCUT2D eigenvalue weighted by Gasteiger charge is -2.33. The zero-order valence-corrected chi connectivity index (χ0v) is 11.1. The van der Waals surface area contributed by atoms with Crippen LogP contribution in [-0.2, 0) is 4.74 Å². The molecule has 0 spiro atoms. The van der Waals surface area contributed by atoms with E-state index < -0.39 is 0 Å². The van der Waals surface area contributed by atoms with Gasteiger partial charge in [0, 0.05) is 18.3 Å². The van der Waals surface area contributed by atoms with Crippen LogP contribution in [0.3, 0.4) is 0 Å². The quantitative estimate of drug-likeness (QED) is 0.829. The smallest absolute Gasteiger partial charge is 0.407 e. The summed E-state index contributed by atoms with van der Waals surface area (Å²) >= 11 is 0. The molecule has 1 saturated heterocycles. The highest BCUT2D eigenvalue weighted by molar-refractivity contribution is 5.68. The Balaban J connectivity index is 2.15. The lowest BCUT2D eigenvalue weighted by molar-refractivity contribution is 0.101. The van der Waals surface area contributed by atoms with Crippen molar-refractivity contribution in [2.24, 2.45) is 0 Å². The Morgan fingerprint density at radius 1 is 1.22 bits per heavy atom. The van der Waals surface area contributed by atoms with E-state index in [2.05, 4.69) is 41.4 Å². The van der Waals surface area contributed by atoms with Crippen molar-refractivity contribution in [2.75, 3.05) is 18.0 Å². The molecule has 0 saturated carbocycles. The SMILES string of the molecule is Cc1ccc(N2C[C@@H](C)OC(=O)N[C@@H](C)C2)cc1. The molecule has 0 bridgehead atoms. The summed E-state index contributed by atoms with van der Waals surface area (Å²) in [6.07, 6.45) is -0.433. The largest absolute Gasteiger partial charge is 0.445 e. The highest BCUT2D eigenvalue weighted by Crippen LogP contribution is 2.17. The Labute approximate surface area is 108 Å². The minimum atomic E-state index is -0.321. The van der Waals surface area contributed by atoms with Gasteiger partial charge in [-0.1, -0.05) is 17.7 Å². The Morgan fingerprint density at radius 2 is 1.89 bits per heavy atom. The molecular formula is C14H20N2O2. The predicted molar refractivity (Wildman–Crippen MR) is 71.9 cm³/mol. The lowest BCUT2D eigenvalue weighted by Crippen LogP contribution is -2.49. The summed E-state index contributed by atoms with van der Waals surface area (Å²) in [6.45, 7) is 7.49. The summed E-state index contributed by atoms with van der Waals surface area (Å²) in [6, 6.07) is 8.49. The molecule has 1 aromatic carbocycles. The maximum Gasteiger partial charge on any atom is 0.407 e. The molecule has 1 heterocycles. The van der Waals surface area contributed by atoms with Crippen LogP contribution < -0.4 is 10.2 Å². The fourth-order valence-corrected chi connectivity index (χ4v) is 2.18. The Bertz CT molecular complexity index is 400. The summed E-state index contributed by atoms with van der Waals surface area (Å²) in [5.41, 5.74) is 2.41. The van der Waals surface area contributed by atoms with Crippen molar-refractivity contribution >= 4 is 11.8 Å². The summed E-state index contributed by atoms with van der Waals surface area (Å²) in [5, 5.41) is 2.82. The summed E-state index contributed by atoms with van der Waals surface area (Å²) in [4.78, 5) is 13.6. The molecule has 1 fully saturated rings. The molecule has 0 radical (unpaired) electrons. The van der Waals surface area contributed by atoms with Gasteiger partial charge >= 0.3 is 6.09 Å². The van der Waals surface area contributed by atoms with Crippen LogP contribution in [0.1, 0.15) is 19.4 Å². The highest BCUT2D eigenvalue weighted by atomic mass is 16.6. The van der Waals surface area contributed by atoms with Crippen LogP contribution in [0.4, 0.5) is 10.5 Å². The predicted octanol–water partition coefficient (Wildman–Crippen LogP) is 2.32. The molecule has 4 heteroatoms. The molecule has 1 aliphatic heterocycles. The van der Waals surface area contributed by atoms with Crippen molar-refractivity contribution in [3.63, 3.8) is 0 Å². The zero-order valence-electron chi connectivity index (χ0n) is 11.1. The number of hydrogen-bond donors (Lipinski definition) is 1. The van der Waals surface area contributed by atoms with Crippen molar-refractivity contribution < 1.29 is 9.53 Å². The third kappa shape index (κ3) is 3.15. The molecular weight excluding hydrogens is 228 g/mol. The van der Waals surface area contributed by atoms with E-state index in [1.54, 1.807) is 0 Å². The number of amides is 1. The van der Waals surface area contributed by atoms with E-state index in [1.165, 1.54) is 11.3 Å². The number of rotatable bonds is 1. The summed E-state index contributed by atoms with van der Waals surface area (Å²) < 4.78 is 5.25. The van der Waals surface area contributed by atoms with Crippen molar-refractivity contribution in [3.05, 3.63) is 29.8 Å². The van der Waals surface area contributed by atoms with Gasteiger partial charge in [-0.05, 0) is 32.9 Å². The van der Waals surface area contributed by atoms with Gasteiger partial charge < -0.3 is 15.0 Å². The average molecular weight is 248 g/mol. The van der Waals surface area contributed by atoms with Gasteiger partial charge in [-0.2, -0.15) is 0 Å². The van der Waals surface area contributed by atoms with Gasteiger partial charge in [0.2, 0.25) is 0 Å². The molecule has 1 N–H and O–H groups in total. The van der Waals surface area contributed by atoms with Crippen LogP contribution in [0.15, 0.2) is 24.3 Å². The Hall–Kier alpha value is -1.71. The first-order chi connectivity index (χ1) is 8.54. The van der Waals surface area contributed by atoms with Gasteiger partial charge in [-0.25, -0.2) is 4.79 Å². The Morgan fingerprint density at radius 3 is 2.56 bits per heavy atom. The van der Waals surface area contributed by atoms with E-state index >= 15 is 0 Å². The van der Waals surface area contributed by atoms with Crippen molar-refractivity contribution in [3.8, 4) is 0 Å². The van der Waals surface area contributed by atoms with Crippen LogP contribution in [0.25, 0.3) is 0 Å². The molecule has 0 aliphatic carbocycles. The van der Waals surface area contributed by atoms with Crippen molar-refractivity contribution in [2.45, 2.75) is 32.9 Å². The minimum Gasteiger partial charge on any atom is -0.445 e. The number of nitrogens with one attached hydrogen (secondary N) is 1. The van der Waals surface area contributed by atoms with Gasteiger partial charge in [0.15, 0.2) is 0 Å². The van der Waals surface area contributed by atoms with Crippen molar-refractivity contribution in [1.82, 2.24) is 5.32 Å². The van der Waals surface area contributed by atoms with Gasteiger partial charge in [-0.3, -0.25) is 0 Å². The lowest BCUT2D eigenvalue weighted by atomic mass is 10.2. The number of carbonyl (C=O) groups is 1. The van der Waals surface area contributed by atoms with Gasteiger partial charge in [0.05, 0.1) is 6.54 Å². The number of carbonyl (C=O) groups excluding carboxylic acids is 1. The van der Waals surface area contributed by atoms with E-state index in [0.717, 1.165) is 13.1 Å². The first-order valence-electron chi connectivity index (χ1n) is 6.33. The Kier molecular flexibility index (Phi) is 3.75. The normalized spacial score (nSPS) is 24.8. The van der Waals surface area contributed by atoms with Crippen LogP contribution in [-0.4, -0.2) is 31.3 Å². The molecule has 98 valence electrons. The van der Waals surface area contributed by atoms with Gasteiger partial charge in [0.25, 0.3) is 0 Å². The molecule has 0 aromatic heterocycles. The molecule has 4 nitrogen and oxygen atoms in total. The molecule has 1 aromatic rings. The highest BCUT2D eigenvalue weighted by Gasteiger charge is 2.21. The molecule has 18 heavy (non-hydrogen) atoms. The molecule has 1 amide bonds. The number of aryl methyl sites for hydroxylation is 1.